The lowest BCUT2D eigenvalue weighted by molar-refractivity contribution is 0.00502. The van der Waals surface area contributed by atoms with Crippen LogP contribution in [0.15, 0.2) is 24.3 Å². The molecule has 1 fully saturated rings. The van der Waals surface area contributed by atoms with E-state index in [4.69, 9.17) is 10.6 Å². The molecule has 1 aromatic carbocycles. The molecule has 2 unspecified atom stereocenters. The van der Waals surface area contributed by atoms with Gasteiger partial charge in [-0.3, -0.25) is 11.3 Å². The topological polar surface area (TPSA) is 47.3 Å². The Labute approximate surface area is 116 Å². The van der Waals surface area contributed by atoms with Crippen LogP contribution >= 0.6 is 0 Å². The van der Waals surface area contributed by atoms with E-state index in [1.807, 2.05) is 0 Å². The van der Waals surface area contributed by atoms with Gasteiger partial charge in [-0.05, 0) is 42.7 Å². The van der Waals surface area contributed by atoms with Gasteiger partial charge in [-0.15, -0.1) is 0 Å². The summed E-state index contributed by atoms with van der Waals surface area (Å²) in [5.74, 6) is 6.28. The lowest BCUT2D eigenvalue weighted by atomic mass is 9.95. The molecule has 19 heavy (non-hydrogen) atoms. The number of hydrogen-bond acceptors (Lipinski definition) is 3. The Morgan fingerprint density at radius 3 is 2.42 bits per heavy atom. The van der Waals surface area contributed by atoms with Crippen LogP contribution in [-0.4, -0.2) is 12.7 Å². The minimum atomic E-state index is 0.185. The second-order valence-electron chi connectivity index (χ2n) is 5.76. The van der Waals surface area contributed by atoms with Crippen LogP contribution in [0.2, 0.25) is 0 Å². The molecule has 0 saturated carbocycles. The Morgan fingerprint density at radius 1 is 1.21 bits per heavy atom. The second-order valence-corrected chi connectivity index (χ2v) is 5.76. The molecule has 2 rings (SSSR count). The lowest BCUT2D eigenvalue weighted by Gasteiger charge is -2.27. The van der Waals surface area contributed by atoms with Crippen molar-refractivity contribution < 1.29 is 4.74 Å². The van der Waals surface area contributed by atoms with Crippen LogP contribution in [0.4, 0.5) is 0 Å². The quantitative estimate of drug-likeness (QED) is 0.632. The summed E-state index contributed by atoms with van der Waals surface area (Å²) < 4.78 is 5.80. The van der Waals surface area contributed by atoms with Crippen LogP contribution in [0.1, 0.15) is 62.6 Å². The molecule has 0 spiro atoms. The minimum Gasteiger partial charge on any atom is -0.378 e. The Balaban J connectivity index is 1.99. The number of benzene rings is 1. The van der Waals surface area contributed by atoms with Gasteiger partial charge in [-0.1, -0.05) is 38.1 Å². The van der Waals surface area contributed by atoms with E-state index in [9.17, 15) is 0 Å². The van der Waals surface area contributed by atoms with Crippen molar-refractivity contribution in [3.8, 4) is 0 Å². The average molecular weight is 262 g/mol. The van der Waals surface area contributed by atoms with Crippen LogP contribution in [-0.2, 0) is 4.74 Å². The van der Waals surface area contributed by atoms with Crippen LogP contribution in [0, 0.1) is 0 Å². The third kappa shape index (κ3) is 4.03. The molecule has 2 atom stereocenters. The van der Waals surface area contributed by atoms with Crippen LogP contribution in [0.5, 0.6) is 0 Å². The minimum absolute atomic E-state index is 0.185. The molecule has 0 bridgehead atoms. The van der Waals surface area contributed by atoms with Gasteiger partial charge in [0.05, 0.1) is 6.10 Å². The van der Waals surface area contributed by atoms with Crippen LogP contribution in [0.3, 0.4) is 0 Å². The number of nitrogens with two attached hydrogens (primary N) is 1. The Hall–Kier alpha value is -0.900. The van der Waals surface area contributed by atoms with E-state index in [1.165, 1.54) is 24.0 Å². The number of hydrogen-bond donors (Lipinski definition) is 2. The zero-order valence-electron chi connectivity index (χ0n) is 12.1. The van der Waals surface area contributed by atoms with Gasteiger partial charge in [-0.2, -0.15) is 0 Å². The molecule has 0 amide bonds. The predicted molar refractivity (Wildman–Crippen MR) is 78.8 cm³/mol. The molecule has 106 valence electrons. The van der Waals surface area contributed by atoms with Crippen LogP contribution in [0.25, 0.3) is 0 Å². The molecular formula is C16H26N2O. The van der Waals surface area contributed by atoms with E-state index in [2.05, 4.69) is 43.5 Å². The van der Waals surface area contributed by atoms with E-state index < -0.39 is 0 Å². The van der Waals surface area contributed by atoms with Gasteiger partial charge in [0, 0.05) is 12.6 Å². The first-order valence-corrected chi connectivity index (χ1v) is 7.38. The molecule has 3 heteroatoms. The van der Waals surface area contributed by atoms with Crippen molar-refractivity contribution in [2.24, 2.45) is 5.84 Å². The second kappa shape index (κ2) is 7.04. The number of hydrazine groups is 1. The SMILES string of the molecule is CC(C)c1ccc(C(CC2CCCCO2)NN)cc1. The van der Waals surface area contributed by atoms with Gasteiger partial charge in [-0.25, -0.2) is 0 Å². The molecule has 3 N–H and O–H groups in total. The van der Waals surface area contributed by atoms with Crippen molar-refractivity contribution in [1.82, 2.24) is 5.43 Å². The molecule has 3 nitrogen and oxygen atoms in total. The first-order valence-electron chi connectivity index (χ1n) is 7.38. The van der Waals surface area contributed by atoms with Crippen molar-refractivity contribution >= 4 is 0 Å². The zero-order valence-corrected chi connectivity index (χ0v) is 12.1. The van der Waals surface area contributed by atoms with Crippen molar-refractivity contribution in [2.45, 2.75) is 57.6 Å². The fourth-order valence-electron chi connectivity index (χ4n) is 2.67. The molecule has 0 radical (unpaired) electrons. The maximum absolute atomic E-state index is 5.80. The summed E-state index contributed by atoms with van der Waals surface area (Å²) in [6.45, 7) is 5.32. The van der Waals surface area contributed by atoms with E-state index >= 15 is 0 Å². The normalized spacial score (nSPS) is 21.6. The van der Waals surface area contributed by atoms with Crippen LogP contribution < -0.4 is 11.3 Å². The highest BCUT2D eigenvalue weighted by atomic mass is 16.5. The summed E-state index contributed by atoms with van der Waals surface area (Å²) in [5.41, 5.74) is 5.55. The van der Waals surface area contributed by atoms with E-state index in [0.29, 0.717) is 12.0 Å². The largest absolute Gasteiger partial charge is 0.378 e. The van der Waals surface area contributed by atoms with Crippen molar-refractivity contribution in [3.63, 3.8) is 0 Å². The van der Waals surface area contributed by atoms with Gasteiger partial charge >= 0.3 is 0 Å². The maximum atomic E-state index is 5.80. The first kappa shape index (κ1) is 14.5. The fraction of sp³-hybridized carbons (Fsp3) is 0.625. The highest BCUT2D eigenvalue weighted by Gasteiger charge is 2.20. The van der Waals surface area contributed by atoms with Gasteiger partial charge in [0.15, 0.2) is 0 Å². The summed E-state index contributed by atoms with van der Waals surface area (Å²) in [4.78, 5) is 0. The smallest absolute Gasteiger partial charge is 0.0593 e. The Bertz CT molecular complexity index is 369. The lowest BCUT2D eigenvalue weighted by Crippen LogP contribution is -2.32. The predicted octanol–water partition coefficient (Wildman–Crippen LogP) is 3.27. The summed E-state index contributed by atoms with van der Waals surface area (Å²) in [6.07, 6.45) is 4.92. The third-order valence-corrected chi connectivity index (χ3v) is 3.98. The number of rotatable bonds is 5. The standard InChI is InChI=1S/C16H26N2O/c1-12(2)13-6-8-14(9-7-13)16(18-17)11-15-5-3-4-10-19-15/h6-9,12,15-16,18H,3-5,10-11,17H2,1-2H3. The molecular weight excluding hydrogens is 236 g/mol. The molecule has 0 aromatic heterocycles. The van der Waals surface area contributed by atoms with Gasteiger partial charge in [0.2, 0.25) is 0 Å². The fourth-order valence-corrected chi connectivity index (χ4v) is 2.67. The molecule has 1 heterocycles. The van der Waals surface area contributed by atoms with Crippen molar-refractivity contribution in [3.05, 3.63) is 35.4 Å². The number of nitrogens with one attached hydrogen (secondary N) is 1. The summed E-state index contributed by atoms with van der Waals surface area (Å²) in [7, 11) is 0. The monoisotopic (exact) mass is 262 g/mol. The first-order chi connectivity index (χ1) is 9.20. The molecule has 1 aromatic rings. The van der Waals surface area contributed by atoms with Crippen molar-refractivity contribution in [1.29, 1.82) is 0 Å². The summed E-state index contributed by atoms with van der Waals surface area (Å²) in [6, 6.07) is 8.95. The maximum Gasteiger partial charge on any atom is 0.0593 e. The molecule has 1 saturated heterocycles. The third-order valence-electron chi connectivity index (χ3n) is 3.98. The van der Waals surface area contributed by atoms with Gasteiger partial charge in [0.1, 0.15) is 0 Å². The van der Waals surface area contributed by atoms with Crippen molar-refractivity contribution in [2.75, 3.05) is 6.61 Å². The molecule has 1 aliphatic heterocycles. The van der Waals surface area contributed by atoms with Gasteiger partial charge < -0.3 is 4.74 Å². The Morgan fingerprint density at radius 2 is 1.89 bits per heavy atom. The molecule has 0 aliphatic carbocycles. The Kier molecular flexibility index (Phi) is 5.37. The van der Waals surface area contributed by atoms with E-state index in [0.717, 1.165) is 19.4 Å². The number of ether oxygens (including phenoxy) is 1. The summed E-state index contributed by atoms with van der Waals surface area (Å²) >= 11 is 0. The molecule has 1 aliphatic rings. The highest BCUT2D eigenvalue weighted by molar-refractivity contribution is 5.26. The van der Waals surface area contributed by atoms with Gasteiger partial charge in [0.25, 0.3) is 0 Å². The highest BCUT2D eigenvalue weighted by Crippen LogP contribution is 2.25. The van der Waals surface area contributed by atoms with E-state index in [-0.39, 0.29) is 6.04 Å². The average Bonchev–Trinajstić information content (AvgIpc) is 2.46. The zero-order chi connectivity index (χ0) is 13.7. The van der Waals surface area contributed by atoms with E-state index in [1.54, 1.807) is 0 Å². The summed E-state index contributed by atoms with van der Waals surface area (Å²) in [5, 5.41) is 0.